The maximum atomic E-state index is 12.9. The number of rotatable bonds is 2. The smallest absolute Gasteiger partial charge is 0.258 e. The lowest BCUT2D eigenvalue weighted by Crippen LogP contribution is -2.51. The molecule has 2 aliphatic rings. The highest BCUT2D eigenvalue weighted by Crippen LogP contribution is 2.49. The van der Waals surface area contributed by atoms with Gasteiger partial charge in [0.05, 0.1) is 18.0 Å². The molecule has 6 nitrogen and oxygen atoms in total. The van der Waals surface area contributed by atoms with E-state index < -0.39 is 5.66 Å². The number of hydrogen-bond acceptors (Lipinski definition) is 4. The van der Waals surface area contributed by atoms with E-state index in [0.29, 0.717) is 35.7 Å². The number of nitrogens with zero attached hydrogens (tertiary/aromatic N) is 4. The molecule has 24 heavy (non-hydrogen) atoms. The topological polar surface area (TPSA) is 66.4 Å². The van der Waals surface area contributed by atoms with Crippen molar-refractivity contribution in [2.24, 2.45) is 0 Å². The third kappa shape index (κ3) is 1.77. The molecule has 0 N–H and O–H groups in total. The second-order valence-electron chi connectivity index (χ2n) is 5.85. The summed E-state index contributed by atoms with van der Waals surface area (Å²) in [6, 6.07) is 7.26. The quantitative estimate of drug-likeness (QED) is 0.837. The Morgan fingerprint density at radius 1 is 1.21 bits per heavy atom. The van der Waals surface area contributed by atoms with Crippen LogP contribution in [0.4, 0.5) is 0 Å². The lowest BCUT2D eigenvalue weighted by atomic mass is 9.91. The van der Waals surface area contributed by atoms with Crippen LogP contribution in [0, 0.1) is 0 Å². The molecular weight excluding hydrogens is 328 g/mol. The van der Waals surface area contributed by atoms with Crippen molar-refractivity contribution in [1.29, 1.82) is 0 Å². The van der Waals surface area contributed by atoms with Crippen LogP contribution in [0.25, 0.3) is 0 Å². The van der Waals surface area contributed by atoms with Crippen molar-refractivity contribution in [3.63, 3.8) is 0 Å². The van der Waals surface area contributed by atoms with Crippen molar-refractivity contribution in [2.75, 3.05) is 13.1 Å². The number of carbonyl (C=O) groups excluding carboxylic acids is 2. The van der Waals surface area contributed by atoms with Crippen LogP contribution in [0.15, 0.2) is 36.7 Å². The van der Waals surface area contributed by atoms with Gasteiger partial charge in [-0.1, -0.05) is 30.7 Å². The molecule has 1 saturated heterocycles. The zero-order valence-corrected chi connectivity index (χ0v) is 13.8. The molecule has 4 rings (SSSR count). The lowest BCUT2D eigenvalue weighted by molar-refractivity contribution is -0.136. The molecule has 0 bridgehead atoms. The second-order valence-corrected chi connectivity index (χ2v) is 6.29. The Bertz CT molecular complexity index is 839. The molecular formula is C17H15ClN4O2. The molecule has 2 amide bonds. The van der Waals surface area contributed by atoms with Crippen LogP contribution in [0.3, 0.4) is 0 Å². The van der Waals surface area contributed by atoms with Gasteiger partial charge in [0.2, 0.25) is 5.91 Å². The molecule has 1 unspecified atom stereocenters. The average molecular weight is 343 g/mol. The maximum Gasteiger partial charge on any atom is 0.258 e. The predicted octanol–water partition coefficient (Wildman–Crippen LogP) is 2.04. The zero-order valence-electron chi connectivity index (χ0n) is 13.1. The number of amides is 2. The van der Waals surface area contributed by atoms with E-state index in [-0.39, 0.29) is 11.8 Å². The first-order valence-electron chi connectivity index (χ1n) is 7.80. The Kier molecular flexibility index (Phi) is 3.31. The second kappa shape index (κ2) is 5.27. The number of fused-ring (bicyclic) bond motifs is 3. The highest BCUT2D eigenvalue weighted by Gasteiger charge is 2.59. The van der Waals surface area contributed by atoms with E-state index in [4.69, 9.17) is 11.6 Å². The fourth-order valence-electron chi connectivity index (χ4n) is 3.77. The Hall–Kier alpha value is -2.47. The van der Waals surface area contributed by atoms with Crippen LogP contribution >= 0.6 is 11.6 Å². The summed E-state index contributed by atoms with van der Waals surface area (Å²) >= 11 is 6.03. The minimum Gasteiger partial charge on any atom is -0.310 e. The predicted molar refractivity (Wildman–Crippen MR) is 87.3 cm³/mol. The lowest BCUT2D eigenvalue weighted by Gasteiger charge is -2.40. The molecule has 2 aliphatic heterocycles. The first-order valence-corrected chi connectivity index (χ1v) is 8.18. The number of aromatic nitrogens is 2. The van der Waals surface area contributed by atoms with E-state index in [1.807, 2.05) is 19.1 Å². The summed E-state index contributed by atoms with van der Waals surface area (Å²) in [6.45, 7) is 2.79. The highest BCUT2D eigenvalue weighted by atomic mass is 35.5. The van der Waals surface area contributed by atoms with Crippen LogP contribution < -0.4 is 0 Å². The largest absolute Gasteiger partial charge is 0.310 e. The SMILES string of the molecule is CCC(=O)N1CCN2C(=O)c3cnncc3C12c1ccc(Cl)cc1. The molecule has 122 valence electrons. The van der Waals surface area contributed by atoms with Gasteiger partial charge in [0, 0.05) is 35.7 Å². The van der Waals surface area contributed by atoms with Crippen LogP contribution in [0.5, 0.6) is 0 Å². The minimum absolute atomic E-state index is 0.00934. The zero-order chi connectivity index (χ0) is 16.9. The summed E-state index contributed by atoms with van der Waals surface area (Å²) in [6.07, 6.45) is 3.43. The van der Waals surface area contributed by atoms with Crippen LogP contribution in [-0.2, 0) is 10.5 Å². The fraction of sp³-hybridized carbons (Fsp3) is 0.294. The summed E-state index contributed by atoms with van der Waals surface area (Å²) in [7, 11) is 0. The third-order valence-corrected chi connectivity index (χ3v) is 5.01. The van der Waals surface area contributed by atoms with Crippen molar-refractivity contribution in [2.45, 2.75) is 19.0 Å². The van der Waals surface area contributed by atoms with E-state index in [9.17, 15) is 9.59 Å². The molecule has 1 aromatic carbocycles. The number of halogens is 1. The molecule has 1 fully saturated rings. The molecule has 7 heteroatoms. The Balaban J connectivity index is 2.02. The number of hydrogen-bond donors (Lipinski definition) is 0. The van der Waals surface area contributed by atoms with E-state index in [1.54, 1.807) is 28.1 Å². The summed E-state index contributed by atoms with van der Waals surface area (Å²) in [5.41, 5.74) is 1.06. The normalized spacial score (nSPS) is 21.8. The maximum absolute atomic E-state index is 12.9. The molecule has 0 radical (unpaired) electrons. The molecule has 1 atom stereocenters. The van der Waals surface area contributed by atoms with Gasteiger partial charge in [-0.3, -0.25) is 9.59 Å². The van der Waals surface area contributed by atoms with Crippen LogP contribution in [0.1, 0.15) is 34.8 Å². The molecule has 2 aromatic rings. The first-order chi connectivity index (χ1) is 11.6. The average Bonchev–Trinajstić information content (AvgIpc) is 3.11. The van der Waals surface area contributed by atoms with Gasteiger partial charge in [-0.25, -0.2) is 0 Å². The summed E-state index contributed by atoms with van der Waals surface area (Å²) in [4.78, 5) is 29.0. The van der Waals surface area contributed by atoms with Gasteiger partial charge in [-0.05, 0) is 12.1 Å². The van der Waals surface area contributed by atoms with Gasteiger partial charge in [0.15, 0.2) is 5.66 Å². The minimum atomic E-state index is -0.958. The van der Waals surface area contributed by atoms with Gasteiger partial charge < -0.3 is 9.80 Å². The van der Waals surface area contributed by atoms with E-state index >= 15 is 0 Å². The summed E-state index contributed by atoms with van der Waals surface area (Å²) in [5, 5.41) is 8.41. The molecule has 0 aliphatic carbocycles. The van der Waals surface area contributed by atoms with Crippen LogP contribution in [0.2, 0.25) is 5.02 Å². The van der Waals surface area contributed by atoms with Crippen molar-refractivity contribution in [3.8, 4) is 0 Å². The van der Waals surface area contributed by atoms with Gasteiger partial charge in [-0.2, -0.15) is 10.2 Å². The summed E-state index contributed by atoms with van der Waals surface area (Å²) in [5.74, 6) is -0.133. The Morgan fingerprint density at radius 3 is 2.62 bits per heavy atom. The van der Waals surface area contributed by atoms with Crippen molar-refractivity contribution in [3.05, 3.63) is 58.4 Å². The van der Waals surface area contributed by atoms with Crippen molar-refractivity contribution >= 4 is 23.4 Å². The van der Waals surface area contributed by atoms with E-state index in [2.05, 4.69) is 10.2 Å². The molecule has 3 heterocycles. The van der Waals surface area contributed by atoms with Gasteiger partial charge in [0.1, 0.15) is 0 Å². The van der Waals surface area contributed by atoms with Crippen molar-refractivity contribution < 1.29 is 9.59 Å². The molecule has 0 saturated carbocycles. The van der Waals surface area contributed by atoms with Gasteiger partial charge in [0.25, 0.3) is 5.91 Å². The fourth-order valence-corrected chi connectivity index (χ4v) is 3.89. The molecule has 0 spiro atoms. The Labute approximate surface area is 144 Å². The standard InChI is InChI=1S/C17H15ClN4O2/c1-2-15(23)21-7-8-22-16(24)13-9-19-20-10-14(13)17(21,22)11-3-5-12(18)6-4-11/h3-6,9-10H,2,7-8H2,1H3. The monoisotopic (exact) mass is 342 g/mol. The first kappa shape index (κ1) is 15.1. The third-order valence-electron chi connectivity index (χ3n) is 4.76. The van der Waals surface area contributed by atoms with Crippen molar-refractivity contribution in [1.82, 2.24) is 20.0 Å². The molecule has 1 aromatic heterocycles. The van der Waals surface area contributed by atoms with Crippen LogP contribution in [-0.4, -0.2) is 44.9 Å². The number of carbonyl (C=O) groups is 2. The number of benzene rings is 1. The van der Waals surface area contributed by atoms with E-state index in [1.165, 1.54) is 6.20 Å². The van der Waals surface area contributed by atoms with Gasteiger partial charge >= 0.3 is 0 Å². The van der Waals surface area contributed by atoms with Gasteiger partial charge in [-0.15, -0.1) is 0 Å². The van der Waals surface area contributed by atoms with E-state index in [0.717, 1.165) is 5.56 Å². The summed E-state index contributed by atoms with van der Waals surface area (Å²) < 4.78 is 0. The highest BCUT2D eigenvalue weighted by molar-refractivity contribution is 6.30. The Morgan fingerprint density at radius 2 is 1.92 bits per heavy atom.